The fourth-order valence-corrected chi connectivity index (χ4v) is 3.34. The van der Waals surface area contributed by atoms with Crippen molar-refractivity contribution in [2.24, 2.45) is 11.3 Å². The minimum Gasteiger partial charge on any atom is -0.494 e. The van der Waals surface area contributed by atoms with Gasteiger partial charge in [0.05, 0.1) is 12.0 Å². The first-order valence-electron chi connectivity index (χ1n) is 8.59. The molecule has 0 amide bonds. The molecule has 0 radical (unpaired) electrons. The second kappa shape index (κ2) is 8.41. The van der Waals surface area contributed by atoms with Gasteiger partial charge < -0.3 is 14.9 Å². The number of halogens is 1. The molecule has 140 valence electrons. The minimum atomic E-state index is -1.36. The lowest BCUT2D eigenvalue weighted by Crippen LogP contribution is -2.41. The monoisotopic (exact) mass is 378 g/mol. The Balaban J connectivity index is 2.29. The molecule has 0 aromatic heterocycles. The first kappa shape index (κ1) is 20.0. The third-order valence-corrected chi connectivity index (χ3v) is 5.18. The predicted octanol–water partition coefficient (Wildman–Crippen LogP) is 4.35. The molecule has 2 unspecified atom stereocenters. The van der Waals surface area contributed by atoms with Crippen molar-refractivity contribution in [1.82, 2.24) is 0 Å². The molecule has 0 saturated heterocycles. The molecule has 1 aliphatic rings. The van der Waals surface area contributed by atoms with Crippen molar-refractivity contribution in [2.45, 2.75) is 33.1 Å². The molecule has 6 heteroatoms. The van der Waals surface area contributed by atoms with Crippen molar-refractivity contribution >= 4 is 23.5 Å². The van der Waals surface area contributed by atoms with E-state index in [4.69, 9.17) is 16.3 Å². The summed E-state index contributed by atoms with van der Waals surface area (Å²) < 4.78 is 5.61. The van der Waals surface area contributed by atoms with Gasteiger partial charge in [0.25, 0.3) is 0 Å². The number of ether oxygens (including phenoxy) is 1. The Morgan fingerprint density at radius 2 is 2.04 bits per heavy atom. The smallest absolute Gasteiger partial charge is 0.331 e. The van der Waals surface area contributed by atoms with Gasteiger partial charge in [-0.1, -0.05) is 56.2 Å². The standard InChI is InChI=1S/C20H23ClO5/c1-3-4-10-26-15-8-7-14(17(21)11-15)12-20(19(24)25)9-5-6-16(13(20)2)18(22)23/h5-9,11,13H,3-4,10,12H2,1-2H3,(H,22,23)(H,24,25). The highest BCUT2D eigenvalue weighted by molar-refractivity contribution is 6.31. The SMILES string of the molecule is CCCCOc1ccc(CC2(C(=O)O)C=CC=C(C(=O)O)C2C)c(Cl)c1. The molecule has 0 spiro atoms. The van der Waals surface area contributed by atoms with Gasteiger partial charge in [-0.25, -0.2) is 4.79 Å². The fraction of sp³-hybridized carbons (Fsp3) is 0.400. The van der Waals surface area contributed by atoms with Gasteiger partial charge >= 0.3 is 11.9 Å². The summed E-state index contributed by atoms with van der Waals surface area (Å²) >= 11 is 6.35. The number of carboxylic acids is 2. The highest BCUT2D eigenvalue weighted by atomic mass is 35.5. The van der Waals surface area contributed by atoms with Crippen LogP contribution in [0.15, 0.2) is 42.0 Å². The largest absolute Gasteiger partial charge is 0.494 e. The maximum absolute atomic E-state index is 12.1. The van der Waals surface area contributed by atoms with Crippen LogP contribution >= 0.6 is 11.6 Å². The number of aliphatic carboxylic acids is 2. The molecular formula is C20H23ClO5. The Kier molecular flexibility index (Phi) is 6.48. The van der Waals surface area contributed by atoms with E-state index in [0.29, 0.717) is 22.9 Å². The molecule has 26 heavy (non-hydrogen) atoms. The van der Waals surface area contributed by atoms with E-state index in [0.717, 1.165) is 12.8 Å². The van der Waals surface area contributed by atoms with Crippen LogP contribution in [0.4, 0.5) is 0 Å². The van der Waals surface area contributed by atoms with E-state index in [9.17, 15) is 19.8 Å². The van der Waals surface area contributed by atoms with Crippen LogP contribution in [-0.4, -0.2) is 28.8 Å². The topological polar surface area (TPSA) is 83.8 Å². The van der Waals surface area contributed by atoms with Gasteiger partial charge in [0.2, 0.25) is 0 Å². The number of unbranched alkanes of at least 4 members (excludes halogenated alkanes) is 1. The fourth-order valence-electron chi connectivity index (χ4n) is 3.10. The third-order valence-electron chi connectivity index (χ3n) is 4.83. The molecule has 1 aromatic carbocycles. The zero-order valence-corrected chi connectivity index (χ0v) is 15.6. The molecule has 1 aliphatic carbocycles. The zero-order valence-electron chi connectivity index (χ0n) is 14.9. The maximum atomic E-state index is 12.1. The molecule has 0 saturated carbocycles. The van der Waals surface area contributed by atoms with Crippen LogP contribution in [0.5, 0.6) is 5.75 Å². The van der Waals surface area contributed by atoms with Gasteiger partial charge in [0.15, 0.2) is 0 Å². The van der Waals surface area contributed by atoms with Crippen LogP contribution in [0.2, 0.25) is 5.02 Å². The van der Waals surface area contributed by atoms with E-state index in [1.807, 2.05) is 0 Å². The number of allylic oxidation sites excluding steroid dienone is 2. The van der Waals surface area contributed by atoms with Gasteiger partial charge in [0.1, 0.15) is 5.75 Å². The van der Waals surface area contributed by atoms with Crippen LogP contribution in [0.3, 0.4) is 0 Å². The number of benzene rings is 1. The number of carbonyl (C=O) groups is 2. The molecule has 0 bridgehead atoms. The summed E-state index contributed by atoms with van der Waals surface area (Å²) in [6.45, 7) is 4.29. The van der Waals surface area contributed by atoms with E-state index >= 15 is 0 Å². The van der Waals surface area contributed by atoms with Crippen molar-refractivity contribution in [3.8, 4) is 5.75 Å². The van der Waals surface area contributed by atoms with Crippen molar-refractivity contribution in [1.29, 1.82) is 0 Å². The molecule has 0 aliphatic heterocycles. The predicted molar refractivity (Wildman–Crippen MR) is 99.7 cm³/mol. The van der Waals surface area contributed by atoms with Crippen molar-refractivity contribution < 1.29 is 24.5 Å². The quantitative estimate of drug-likeness (QED) is 0.657. The minimum absolute atomic E-state index is 0.0746. The average Bonchev–Trinajstić information content (AvgIpc) is 2.58. The summed E-state index contributed by atoms with van der Waals surface area (Å²) in [6, 6.07) is 5.18. The summed E-state index contributed by atoms with van der Waals surface area (Å²) in [6.07, 6.45) is 6.55. The van der Waals surface area contributed by atoms with Crippen molar-refractivity contribution in [3.05, 3.63) is 52.6 Å². The van der Waals surface area contributed by atoms with Gasteiger partial charge in [-0.05, 0) is 30.5 Å². The Morgan fingerprint density at radius 1 is 1.31 bits per heavy atom. The second-order valence-electron chi connectivity index (χ2n) is 6.49. The Morgan fingerprint density at radius 3 is 2.62 bits per heavy atom. The summed E-state index contributed by atoms with van der Waals surface area (Å²) in [4.78, 5) is 23.5. The van der Waals surface area contributed by atoms with Crippen LogP contribution in [0.1, 0.15) is 32.3 Å². The number of rotatable bonds is 8. The number of hydrogen-bond donors (Lipinski definition) is 2. The van der Waals surface area contributed by atoms with Crippen LogP contribution < -0.4 is 4.74 Å². The van der Waals surface area contributed by atoms with E-state index in [2.05, 4.69) is 6.92 Å². The van der Waals surface area contributed by atoms with Crippen LogP contribution in [0.25, 0.3) is 0 Å². The normalized spacial score (nSPS) is 22.0. The first-order valence-corrected chi connectivity index (χ1v) is 8.97. The Bertz CT molecular complexity index is 753. The van der Waals surface area contributed by atoms with E-state index in [1.54, 1.807) is 31.2 Å². The molecule has 2 rings (SSSR count). The third kappa shape index (κ3) is 4.10. The van der Waals surface area contributed by atoms with Crippen LogP contribution in [-0.2, 0) is 16.0 Å². The number of hydrogen-bond acceptors (Lipinski definition) is 3. The number of carboxylic acid groups (broad SMARTS) is 2. The highest BCUT2D eigenvalue weighted by Crippen LogP contribution is 2.42. The zero-order chi connectivity index (χ0) is 19.3. The average molecular weight is 379 g/mol. The highest BCUT2D eigenvalue weighted by Gasteiger charge is 2.46. The summed E-state index contributed by atoms with van der Waals surface area (Å²) in [5.41, 5.74) is -0.651. The molecule has 0 heterocycles. The van der Waals surface area contributed by atoms with Gasteiger partial charge in [-0.15, -0.1) is 0 Å². The lowest BCUT2D eigenvalue weighted by molar-refractivity contribution is -0.148. The maximum Gasteiger partial charge on any atom is 0.331 e. The summed E-state index contributed by atoms with van der Waals surface area (Å²) in [5.74, 6) is -2.25. The van der Waals surface area contributed by atoms with Gasteiger partial charge in [-0.2, -0.15) is 0 Å². The van der Waals surface area contributed by atoms with Crippen LogP contribution in [0, 0.1) is 11.3 Å². The van der Waals surface area contributed by atoms with E-state index < -0.39 is 23.3 Å². The van der Waals surface area contributed by atoms with E-state index in [-0.39, 0.29) is 12.0 Å². The lowest BCUT2D eigenvalue weighted by Gasteiger charge is -2.35. The lowest BCUT2D eigenvalue weighted by atomic mass is 9.66. The molecule has 5 nitrogen and oxygen atoms in total. The van der Waals surface area contributed by atoms with E-state index in [1.165, 1.54) is 12.2 Å². The summed E-state index contributed by atoms with van der Waals surface area (Å²) in [5, 5.41) is 19.6. The van der Waals surface area contributed by atoms with Crippen molar-refractivity contribution in [2.75, 3.05) is 6.61 Å². The summed E-state index contributed by atoms with van der Waals surface area (Å²) in [7, 11) is 0. The molecule has 2 atom stereocenters. The first-order chi connectivity index (χ1) is 12.3. The molecule has 1 aromatic rings. The molecular weight excluding hydrogens is 356 g/mol. The Labute approximate surface area is 157 Å². The molecule has 2 N–H and O–H groups in total. The second-order valence-corrected chi connectivity index (χ2v) is 6.89. The van der Waals surface area contributed by atoms with Gasteiger partial charge in [-0.3, -0.25) is 4.79 Å². The molecule has 0 fully saturated rings. The van der Waals surface area contributed by atoms with Crippen molar-refractivity contribution in [3.63, 3.8) is 0 Å². The Hall–Kier alpha value is -2.27. The van der Waals surface area contributed by atoms with Gasteiger partial charge in [0, 0.05) is 16.5 Å².